The lowest BCUT2D eigenvalue weighted by molar-refractivity contribution is -0.144. The van der Waals surface area contributed by atoms with Crippen molar-refractivity contribution in [2.75, 3.05) is 13.2 Å². The Balaban J connectivity index is 3.76. The highest BCUT2D eigenvalue weighted by atomic mass is 16.5. The van der Waals surface area contributed by atoms with Crippen molar-refractivity contribution in [1.29, 1.82) is 0 Å². The van der Waals surface area contributed by atoms with Crippen LogP contribution in [0.5, 0.6) is 0 Å². The molecule has 0 rings (SSSR count). The van der Waals surface area contributed by atoms with Crippen LogP contribution in [0.4, 0.5) is 0 Å². The summed E-state index contributed by atoms with van der Waals surface area (Å²) in [7, 11) is 0. The Morgan fingerprint density at radius 3 is 2.46 bits per heavy atom. The van der Waals surface area contributed by atoms with Gasteiger partial charge in [0.05, 0.1) is 6.61 Å². The summed E-state index contributed by atoms with van der Waals surface area (Å²) in [6, 6.07) is 0. The van der Waals surface area contributed by atoms with E-state index in [-0.39, 0.29) is 11.9 Å². The molecule has 0 saturated carbocycles. The summed E-state index contributed by atoms with van der Waals surface area (Å²) >= 11 is 0. The fourth-order valence-electron chi connectivity index (χ4n) is 1.39. The highest BCUT2D eigenvalue weighted by molar-refractivity contribution is 5.69. The lowest BCUT2D eigenvalue weighted by Gasteiger charge is -2.15. The van der Waals surface area contributed by atoms with Crippen molar-refractivity contribution in [2.45, 2.75) is 33.6 Å². The minimum absolute atomic E-state index is 0.126. The molecule has 3 nitrogen and oxygen atoms in total. The molecule has 13 heavy (non-hydrogen) atoms. The van der Waals surface area contributed by atoms with E-state index < -0.39 is 0 Å². The van der Waals surface area contributed by atoms with Crippen LogP contribution in [-0.2, 0) is 9.53 Å². The third kappa shape index (κ3) is 6.58. The molecular weight excluding hydrogens is 166 g/mol. The molecule has 0 saturated heterocycles. The van der Waals surface area contributed by atoms with Gasteiger partial charge in [-0.3, -0.25) is 4.79 Å². The Hall–Kier alpha value is -0.570. The van der Waals surface area contributed by atoms with E-state index in [1.165, 1.54) is 0 Å². The van der Waals surface area contributed by atoms with Gasteiger partial charge in [-0.25, -0.2) is 0 Å². The maximum atomic E-state index is 11.1. The van der Waals surface area contributed by atoms with Crippen molar-refractivity contribution in [3.63, 3.8) is 0 Å². The van der Waals surface area contributed by atoms with Crippen LogP contribution in [0, 0.1) is 11.8 Å². The normalized spacial score (nSPS) is 13.0. The number of rotatable bonds is 6. The van der Waals surface area contributed by atoms with Gasteiger partial charge >= 0.3 is 5.97 Å². The highest BCUT2D eigenvalue weighted by Gasteiger charge is 2.14. The average Bonchev–Trinajstić information content (AvgIpc) is 2.02. The van der Waals surface area contributed by atoms with Gasteiger partial charge in [0.15, 0.2) is 0 Å². The average molecular weight is 187 g/mol. The van der Waals surface area contributed by atoms with Crippen LogP contribution < -0.4 is 5.73 Å². The second-order valence-corrected chi connectivity index (χ2v) is 3.74. The first kappa shape index (κ1) is 12.4. The van der Waals surface area contributed by atoms with Crippen molar-refractivity contribution in [3.05, 3.63) is 0 Å². The van der Waals surface area contributed by atoms with E-state index in [9.17, 15) is 4.79 Å². The Bertz CT molecular complexity index is 146. The minimum atomic E-state index is -0.126. The molecule has 0 aliphatic heterocycles. The predicted octanol–water partition coefficient (Wildman–Crippen LogP) is 1.56. The summed E-state index contributed by atoms with van der Waals surface area (Å²) in [5.74, 6) is 0.737. The van der Waals surface area contributed by atoms with Gasteiger partial charge < -0.3 is 10.5 Å². The number of carbonyl (C=O) groups is 1. The Morgan fingerprint density at radius 2 is 2.08 bits per heavy atom. The first-order valence-corrected chi connectivity index (χ1v) is 4.95. The van der Waals surface area contributed by atoms with Crippen molar-refractivity contribution >= 4 is 5.97 Å². The Kier molecular flexibility index (Phi) is 6.59. The molecular formula is C10H21NO2. The van der Waals surface area contributed by atoms with Crippen LogP contribution in [0.2, 0.25) is 0 Å². The molecule has 0 fully saturated rings. The molecule has 78 valence electrons. The molecule has 0 amide bonds. The summed E-state index contributed by atoms with van der Waals surface area (Å²) < 4.78 is 4.86. The van der Waals surface area contributed by atoms with Gasteiger partial charge in [-0.1, -0.05) is 13.8 Å². The van der Waals surface area contributed by atoms with Gasteiger partial charge in [-0.15, -0.1) is 0 Å². The minimum Gasteiger partial charge on any atom is -0.466 e. The smallest absolute Gasteiger partial charge is 0.306 e. The number of esters is 1. The van der Waals surface area contributed by atoms with Crippen LogP contribution in [0.1, 0.15) is 33.6 Å². The number of hydrogen-bond acceptors (Lipinski definition) is 3. The zero-order chi connectivity index (χ0) is 10.3. The van der Waals surface area contributed by atoms with Crippen LogP contribution in [0.25, 0.3) is 0 Å². The van der Waals surface area contributed by atoms with Crippen LogP contribution in [0.3, 0.4) is 0 Å². The molecule has 2 N–H and O–H groups in total. The van der Waals surface area contributed by atoms with E-state index in [0.717, 1.165) is 6.42 Å². The molecule has 1 unspecified atom stereocenters. The first-order valence-electron chi connectivity index (χ1n) is 4.95. The lowest BCUT2D eigenvalue weighted by Crippen LogP contribution is -2.21. The van der Waals surface area contributed by atoms with Gasteiger partial charge in [-0.05, 0) is 31.7 Å². The quantitative estimate of drug-likeness (QED) is 0.642. The summed E-state index contributed by atoms with van der Waals surface area (Å²) in [6.07, 6.45) is 1.46. The standard InChI is InChI=1S/C10H21NO2/c1-4-13-10(12)6-9(7-11)5-8(2)3/h8-9H,4-7,11H2,1-3H3. The van der Waals surface area contributed by atoms with E-state index in [2.05, 4.69) is 13.8 Å². The molecule has 3 heteroatoms. The lowest BCUT2D eigenvalue weighted by atomic mass is 9.94. The maximum Gasteiger partial charge on any atom is 0.306 e. The fraction of sp³-hybridized carbons (Fsp3) is 0.900. The van der Waals surface area contributed by atoms with Crippen LogP contribution in [-0.4, -0.2) is 19.1 Å². The second kappa shape index (κ2) is 6.89. The van der Waals surface area contributed by atoms with Crippen molar-refractivity contribution in [1.82, 2.24) is 0 Å². The van der Waals surface area contributed by atoms with Gasteiger partial charge in [0.1, 0.15) is 0 Å². The largest absolute Gasteiger partial charge is 0.466 e. The SMILES string of the molecule is CCOC(=O)CC(CN)CC(C)C. The van der Waals surface area contributed by atoms with Gasteiger partial charge in [0, 0.05) is 6.42 Å². The van der Waals surface area contributed by atoms with Gasteiger partial charge in [0.25, 0.3) is 0 Å². The van der Waals surface area contributed by atoms with Gasteiger partial charge in [0.2, 0.25) is 0 Å². The molecule has 0 aromatic rings. The number of ether oxygens (including phenoxy) is 1. The fourth-order valence-corrected chi connectivity index (χ4v) is 1.39. The number of carbonyl (C=O) groups excluding carboxylic acids is 1. The van der Waals surface area contributed by atoms with Crippen LogP contribution in [0.15, 0.2) is 0 Å². The highest BCUT2D eigenvalue weighted by Crippen LogP contribution is 2.14. The Morgan fingerprint density at radius 1 is 1.46 bits per heavy atom. The molecule has 0 spiro atoms. The molecule has 0 bridgehead atoms. The predicted molar refractivity (Wildman–Crippen MR) is 53.2 cm³/mol. The topological polar surface area (TPSA) is 52.3 Å². The van der Waals surface area contributed by atoms with Crippen LogP contribution >= 0.6 is 0 Å². The summed E-state index contributed by atoms with van der Waals surface area (Å²) in [5.41, 5.74) is 5.56. The molecule has 0 radical (unpaired) electrons. The van der Waals surface area contributed by atoms with E-state index in [1.54, 1.807) is 0 Å². The van der Waals surface area contributed by atoms with Gasteiger partial charge in [-0.2, -0.15) is 0 Å². The molecule has 0 aliphatic carbocycles. The number of hydrogen-bond donors (Lipinski definition) is 1. The molecule has 0 heterocycles. The zero-order valence-electron chi connectivity index (χ0n) is 8.88. The van der Waals surface area contributed by atoms with Crippen molar-refractivity contribution in [3.8, 4) is 0 Å². The zero-order valence-corrected chi connectivity index (χ0v) is 8.88. The summed E-state index contributed by atoms with van der Waals surface area (Å²) in [6.45, 7) is 7.11. The first-order chi connectivity index (χ1) is 6.10. The van der Waals surface area contributed by atoms with Crippen molar-refractivity contribution < 1.29 is 9.53 Å². The monoisotopic (exact) mass is 187 g/mol. The third-order valence-corrected chi connectivity index (χ3v) is 1.90. The number of nitrogens with two attached hydrogens (primary N) is 1. The summed E-state index contributed by atoms with van der Waals surface area (Å²) in [5, 5.41) is 0. The second-order valence-electron chi connectivity index (χ2n) is 3.74. The third-order valence-electron chi connectivity index (χ3n) is 1.90. The maximum absolute atomic E-state index is 11.1. The van der Waals surface area contributed by atoms with E-state index >= 15 is 0 Å². The molecule has 0 aromatic carbocycles. The molecule has 0 aliphatic rings. The molecule has 0 aromatic heterocycles. The molecule has 1 atom stereocenters. The van der Waals surface area contributed by atoms with Crippen molar-refractivity contribution in [2.24, 2.45) is 17.6 Å². The summed E-state index contributed by atoms with van der Waals surface area (Å²) in [4.78, 5) is 11.1. The van der Waals surface area contributed by atoms with E-state index in [0.29, 0.717) is 25.5 Å². The van der Waals surface area contributed by atoms with E-state index in [1.807, 2.05) is 6.92 Å². The van der Waals surface area contributed by atoms with E-state index in [4.69, 9.17) is 10.5 Å². The Labute approximate surface area is 80.6 Å².